The van der Waals surface area contributed by atoms with Crippen LogP contribution in [0.15, 0.2) is 42.6 Å². The topological polar surface area (TPSA) is 48.1 Å². The fourth-order valence-corrected chi connectivity index (χ4v) is 1.39. The third kappa shape index (κ3) is 3.01. The van der Waals surface area contributed by atoms with E-state index in [9.17, 15) is 4.39 Å². The van der Waals surface area contributed by atoms with Crippen LogP contribution in [0.2, 0.25) is 0 Å². The third-order valence-electron chi connectivity index (χ3n) is 2.32. The molecule has 0 aliphatic carbocycles. The first-order chi connectivity index (χ1) is 8.15. The fraction of sp³-hybridized carbons (Fsp3) is 0.154. The van der Waals surface area contributed by atoms with E-state index in [1.54, 1.807) is 24.4 Å². The van der Waals surface area contributed by atoms with Crippen LogP contribution in [0.1, 0.15) is 18.5 Å². The van der Waals surface area contributed by atoms with Gasteiger partial charge in [-0.2, -0.15) is 0 Å². The Morgan fingerprint density at radius 1 is 1.24 bits per heavy atom. The molecule has 3 nitrogen and oxygen atoms in total. The number of hydrogen-bond acceptors (Lipinski definition) is 3. The fourth-order valence-electron chi connectivity index (χ4n) is 1.39. The maximum absolute atomic E-state index is 12.7. The van der Waals surface area contributed by atoms with Gasteiger partial charge in [-0.25, -0.2) is 9.37 Å². The minimum absolute atomic E-state index is 0.0754. The van der Waals surface area contributed by atoms with Gasteiger partial charge in [0.05, 0.1) is 0 Å². The molecule has 0 aliphatic heterocycles. The molecule has 1 heterocycles. The van der Waals surface area contributed by atoms with Crippen molar-refractivity contribution in [3.8, 4) is 11.6 Å². The van der Waals surface area contributed by atoms with Crippen molar-refractivity contribution < 1.29 is 9.13 Å². The summed E-state index contributed by atoms with van der Waals surface area (Å²) in [6, 6.07) is 9.31. The molecule has 2 rings (SSSR count). The zero-order chi connectivity index (χ0) is 12.3. The quantitative estimate of drug-likeness (QED) is 0.884. The Labute approximate surface area is 99.1 Å². The van der Waals surface area contributed by atoms with Gasteiger partial charge >= 0.3 is 0 Å². The molecule has 1 atom stereocenters. The molecule has 0 radical (unpaired) electrons. The molecule has 88 valence electrons. The second-order valence-electron chi connectivity index (χ2n) is 3.77. The van der Waals surface area contributed by atoms with E-state index in [4.69, 9.17) is 10.5 Å². The van der Waals surface area contributed by atoms with Crippen molar-refractivity contribution >= 4 is 0 Å². The maximum atomic E-state index is 12.7. The molecule has 0 fully saturated rings. The number of pyridine rings is 1. The number of benzene rings is 1. The number of nitrogens with two attached hydrogens (primary N) is 1. The van der Waals surface area contributed by atoms with Gasteiger partial charge in [-0.15, -0.1) is 0 Å². The zero-order valence-electron chi connectivity index (χ0n) is 9.43. The van der Waals surface area contributed by atoms with Gasteiger partial charge in [-0.3, -0.25) is 0 Å². The molecule has 4 heteroatoms. The SMILES string of the molecule is CC(N)c1ccnc(Oc2ccc(F)cc2)c1. The van der Waals surface area contributed by atoms with Gasteiger partial charge in [0, 0.05) is 18.3 Å². The van der Waals surface area contributed by atoms with Crippen LogP contribution in [-0.4, -0.2) is 4.98 Å². The lowest BCUT2D eigenvalue weighted by molar-refractivity contribution is 0.460. The Morgan fingerprint density at radius 2 is 1.94 bits per heavy atom. The number of aromatic nitrogens is 1. The summed E-state index contributed by atoms with van der Waals surface area (Å²) >= 11 is 0. The highest BCUT2D eigenvalue weighted by Gasteiger charge is 2.03. The molecule has 1 aromatic carbocycles. The summed E-state index contributed by atoms with van der Waals surface area (Å²) in [6.07, 6.45) is 1.64. The first kappa shape index (κ1) is 11.5. The molecule has 1 unspecified atom stereocenters. The van der Waals surface area contributed by atoms with E-state index in [0.29, 0.717) is 11.6 Å². The first-order valence-electron chi connectivity index (χ1n) is 5.30. The average molecular weight is 232 g/mol. The largest absolute Gasteiger partial charge is 0.439 e. The molecular weight excluding hydrogens is 219 g/mol. The standard InChI is InChI=1S/C13H13FN2O/c1-9(15)10-6-7-16-13(8-10)17-12-4-2-11(14)3-5-12/h2-9H,15H2,1H3. The molecule has 0 amide bonds. The molecule has 0 spiro atoms. The van der Waals surface area contributed by atoms with Crippen LogP contribution in [0.5, 0.6) is 11.6 Å². The number of halogens is 1. The van der Waals surface area contributed by atoms with Crippen LogP contribution in [0.4, 0.5) is 4.39 Å². The van der Waals surface area contributed by atoms with Crippen molar-refractivity contribution in [1.29, 1.82) is 0 Å². The van der Waals surface area contributed by atoms with Crippen molar-refractivity contribution in [2.75, 3.05) is 0 Å². The van der Waals surface area contributed by atoms with E-state index in [-0.39, 0.29) is 11.9 Å². The first-order valence-corrected chi connectivity index (χ1v) is 5.30. The minimum Gasteiger partial charge on any atom is -0.439 e. The Kier molecular flexibility index (Phi) is 3.35. The highest BCUT2D eigenvalue weighted by molar-refractivity contribution is 5.29. The van der Waals surface area contributed by atoms with Crippen molar-refractivity contribution in [2.45, 2.75) is 13.0 Å². The number of nitrogens with zero attached hydrogens (tertiary/aromatic N) is 1. The average Bonchev–Trinajstić information content (AvgIpc) is 2.32. The third-order valence-corrected chi connectivity index (χ3v) is 2.32. The Balaban J connectivity index is 2.18. The molecule has 1 aromatic heterocycles. The van der Waals surface area contributed by atoms with Crippen molar-refractivity contribution in [3.63, 3.8) is 0 Å². The zero-order valence-corrected chi connectivity index (χ0v) is 9.43. The van der Waals surface area contributed by atoms with Crippen LogP contribution in [0.25, 0.3) is 0 Å². The molecule has 2 N–H and O–H groups in total. The monoisotopic (exact) mass is 232 g/mol. The predicted octanol–water partition coefficient (Wildman–Crippen LogP) is 3.03. The van der Waals surface area contributed by atoms with E-state index in [1.165, 1.54) is 12.1 Å². The van der Waals surface area contributed by atoms with E-state index in [2.05, 4.69) is 4.98 Å². The van der Waals surface area contributed by atoms with Crippen LogP contribution in [0.3, 0.4) is 0 Å². The Morgan fingerprint density at radius 3 is 2.59 bits per heavy atom. The van der Waals surface area contributed by atoms with Crippen LogP contribution >= 0.6 is 0 Å². The molecule has 0 saturated heterocycles. The lowest BCUT2D eigenvalue weighted by Gasteiger charge is -2.08. The van der Waals surface area contributed by atoms with E-state index in [1.807, 2.05) is 13.0 Å². The van der Waals surface area contributed by atoms with Gasteiger partial charge < -0.3 is 10.5 Å². The van der Waals surface area contributed by atoms with E-state index < -0.39 is 0 Å². The van der Waals surface area contributed by atoms with Crippen molar-refractivity contribution in [1.82, 2.24) is 4.98 Å². The van der Waals surface area contributed by atoms with E-state index >= 15 is 0 Å². The van der Waals surface area contributed by atoms with Gasteiger partial charge in [0.1, 0.15) is 11.6 Å². The lowest BCUT2D eigenvalue weighted by atomic mass is 10.1. The summed E-state index contributed by atoms with van der Waals surface area (Å²) in [5.74, 6) is 0.696. The van der Waals surface area contributed by atoms with Crippen molar-refractivity contribution in [3.05, 3.63) is 54.0 Å². The highest BCUT2D eigenvalue weighted by Crippen LogP contribution is 2.21. The summed E-state index contributed by atoms with van der Waals surface area (Å²) in [5, 5.41) is 0. The summed E-state index contributed by atoms with van der Waals surface area (Å²) in [6.45, 7) is 1.89. The lowest BCUT2D eigenvalue weighted by Crippen LogP contribution is -2.05. The molecule has 0 aliphatic rings. The van der Waals surface area contributed by atoms with Gasteiger partial charge in [-0.1, -0.05) is 0 Å². The van der Waals surface area contributed by atoms with E-state index in [0.717, 1.165) is 5.56 Å². The highest BCUT2D eigenvalue weighted by atomic mass is 19.1. The van der Waals surface area contributed by atoms with Gasteiger partial charge in [0.15, 0.2) is 0 Å². The van der Waals surface area contributed by atoms with Crippen LogP contribution in [0, 0.1) is 5.82 Å². The summed E-state index contributed by atoms with van der Waals surface area (Å²) in [4.78, 5) is 4.07. The summed E-state index contributed by atoms with van der Waals surface area (Å²) in [7, 11) is 0. The van der Waals surface area contributed by atoms with Gasteiger partial charge in [0.25, 0.3) is 0 Å². The molecule has 0 bridgehead atoms. The number of rotatable bonds is 3. The normalized spacial score (nSPS) is 12.2. The Bertz CT molecular complexity index is 497. The Hall–Kier alpha value is -1.94. The number of ether oxygens (including phenoxy) is 1. The number of hydrogen-bond donors (Lipinski definition) is 1. The molecule has 0 saturated carbocycles. The van der Waals surface area contributed by atoms with Crippen molar-refractivity contribution in [2.24, 2.45) is 5.73 Å². The molecule has 17 heavy (non-hydrogen) atoms. The maximum Gasteiger partial charge on any atom is 0.219 e. The molecular formula is C13H13FN2O. The second-order valence-corrected chi connectivity index (χ2v) is 3.77. The van der Waals surface area contributed by atoms with Gasteiger partial charge in [0.2, 0.25) is 5.88 Å². The molecule has 2 aromatic rings. The summed E-state index contributed by atoms with van der Waals surface area (Å²) < 4.78 is 18.2. The van der Waals surface area contributed by atoms with Crippen LogP contribution in [-0.2, 0) is 0 Å². The van der Waals surface area contributed by atoms with Gasteiger partial charge in [-0.05, 0) is 42.8 Å². The smallest absolute Gasteiger partial charge is 0.219 e. The minimum atomic E-state index is -0.297. The summed E-state index contributed by atoms with van der Waals surface area (Å²) in [5.41, 5.74) is 6.70. The second kappa shape index (κ2) is 4.93. The predicted molar refractivity (Wildman–Crippen MR) is 63.3 cm³/mol. The van der Waals surface area contributed by atoms with Crippen LogP contribution < -0.4 is 10.5 Å².